The van der Waals surface area contributed by atoms with Gasteiger partial charge in [0.15, 0.2) is 0 Å². The average molecular weight is 440 g/mol. The molecule has 1 aromatic rings. The molecule has 174 valence electrons. The van der Waals surface area contributed by atoms with Crippen LogP contribution in [0.5, 0.6) is 0 Å². The number of benzene rings is 1. The van der Waals surface area contributed by atoms with E-state index in [0.717, 1.165) is 56.4 Å². The van der Waals surface area contributed by atoms with Crippen molar-refractivity contribution < 1.29 is 14.7 Å². The topological polar surface area (TPSA) is 72.9 Å². The molecule has 4 aliphatic carbocycles. The SMILES string of the molecule is Cc1cccc(NC(=O)CN2CCN(C(=O)CC34CC5CC(CC(O)(C5)C3)C4)CC2)c1C. The standard InChI is InChI=1S/C26H37N3O3/c1-18-4-3-5-22(19(18)2)27-23(30)16-28-6-8-29(9-7-28)24(31)15-25-11-20-10-21(12-25)14-26(32,13-20)17-25/h3-5,20-21,32H,6-17H2,1-2H3,(H,27,30). The molecule has 0 aromatic heterocycles. The Morgan fingerprint density at radius 3 is 2.41 bits per heavy atom. The zero-order valence-electron chi connectivity index (χ0n) is 19.5. The Hall–Kier alpha value is -1.92. The Labute approximate surface area is 191 Å². The molecule has 32 heavy (non-hydrogen) atoms. The maximum absolute atomic E-state index is 13.2. The molecule has 5 aliphatic rings. The second-order valence-corrected chi connectivity index (χ2v) is 11.3. The molecule has 4 bridgehead atoms. The van der Waals surface area contributed by atoms with E-state index in [9.17, 15) is 14.7 Å². The maximum Gasteiger partial charge on any atom is 0.238 e. The summed E-state index contributed by atoms with van der Waals surface area (Å²) in [5, 5.41) is 14.0. The third-order valence-electron chi connectivity index (χ3n) is 8.65. The highest BCUT2D eigenvalue weighted by molar-refractivity contribution is 5.93. The van der Waals surface area contributed by atoms with Crippen molar-refractivity contribution in [3.8, 4) is 0 Å². The van der Waals surface area contributed by atoms with Crippen molar-refractivity contribution in [3.05, 3.63) is 29.3 Å². The predicted molar refractivity (Wildman–Crippen MR) is 124 cm³/mol. The third-order valence-corrected chi connectivity index (χ3v) is 8.65. The molecular formula is C26H37N3O3. The summed E-state index contributed by atoms with van der Waals surface area (Å²) in [4.78, 5) is 29.8. The first-order valence-corrected chi connectivity index (χ1v) is 12.3. The van der Waals surface area contributed by atoms with E-state index in [-0.39, 0.29) is 17.2 Å². The second-order valence-electron chi connectivity index (χ2n) is 11.3. The summed E-state index contributed by atoms with van der Waals surface area (Å²) in [7, 11) is 0. The van der Waals surface area contributed by atoms with Crippen LogP contribution in [0.15, 0.2) is 18.2 Å². The molecule has 6 rings (SSSR count). The van der Waals surface area contributed by atoms with Crippen molar-refractivity contribution in [1.29, 1.82) is 0 Å². The average Bonchev–Trinajstić information content (AvgIpc) is 2.69. The number of piperazine rings is 1. The van der Waals surface area contributed by atoms with Crippen LogP contribution in [0.2, 0.25) is 0 Å². The van der Waals surface area contributed by atoms with Crippen LogP contribution < -0.4 is 5.32 Å². The number of carbonyl (C=O) groups excluding carboxylic acids is 2. The Kier molecular flexibility index (Phi) is 5.57. The second kappa shape index (κ2) is 8.14. The maximum atomic E-state index is 13.2. The number of amides is 2. The summed E-state index contributed by atoms with van der Waals surface area (Å²) < 4.78 is 0. The van der Waals surface area contributed by atoms with E-state index in [2.05, 4.69) is 10.2 Å². The van der Waals surface area contributed by atoms with Crippen LogP contribution in [0.25, 0.3) is 0 Å². The van der Waals surface area contributed by atoms with Crippen molar-refractivity contribution in [2.75, 3.05) is 38.0 Å². The van der Waals surface area contributed by atoms with Gasteiger partial charge in [-0.2, -0.15) is 0 Å². The van der Waals surface area contributed by atoms with Crippen molar-refractivity contribution in [2.45, 2.75) is 64.4 Å². The number of hydrogen-bond acceptors (Lipinski definition) is 4. The minimum Gasteiger partial charge on any atom is -0.390 e. The Bertz CT molecular complexity index is 892. The van der Waals surface area contributed by atoms with Crippen LogP contribution in [-0.2, 0) is 9.59 Å². The lowest BCUT2D eigenvalue weighted by molar-refractivity contribution is -0.172. The van der Waals surface area contributed by atoms with Gasteiger partial charge in [-0.25, -0.2) is 0 Å². The van der Waals surface area contributed by atoms with Gasteiger partial charge in [0.2, 0.25) is 11.8 Å². The van der Waals surface area contributed by atoms with Gasteiger partial charge in [-0.1, -0.05) is 12.1 Å². The zero-order chi connectivity index (χ0) is 22.5. The van der Waals surface area contributed by atoms with Crippen LogP contribution in [-0.4, -0.2) is 65.0 Å². The monoisotopic (exact) mass is 439 g/mol. The largest absolute Gasteiger partial charge is 0.390 e. The minimum absolute atomic E-state index is 0.000266. The van der Waals surface area contributed by atoms with E-state index in [1.165, 1.54) is 12.0 Å². The number of aliphatic hydroxyl groups is 1. The van der Waals surface area contributed by atoms with Crippen LogP contribution in [0.1, 0.15) is 56.1 Å². The molecule has 2 N–H and O–H groups in total. The summed E-state index contributed by atoms with van der Waals surface area (Å²) in [6.45, 7) is 7.26. The minimum atomic E-state index is -0.508. The van der Waals surface area contributed by atoms with E-state index < -0.39 is 5.60 Å². The quantitative estimate of drug-likeness (QED) is 0.740. The van der Waals surface area contributed by atoms with Gasteiger partial charge in [0.05, 0.1) is 12.1 Å². The number of aryl methyl sites for hydroxylation is 1. The molecule has 2 amide bonds. The van der Waals surface area contributed by atoms with Gasteiger partial charge in [0.25, 0.3) is 0 Å². The molecule has 0 spiro atoms. The summed E-state index contributed by atoms with van der Waals surface area (Å²) in [5.74, 6) is 1.47. The fourth-order valence-corrected chi connectivity index (χ4v) is 7.48. The van der Waals surface area contributed by atoms with Crippen LogP contribution in [0, 0.1) is 31.1 Å². The molecule has 6 heteroatoms. The zero-order valence-corrected chi connectivity index (χ0v) is 19.5. The first kappa shape index (κ1) is 21.9. The van der Waals surface area contributed by atoms with E-state index in [0.29, 0.717) is 37.9 Å². The van der Waals surface area contributed by atoms with Gasteiger partial charge >= 0.3 is 0 Å². The van der Waals surface area contributed by atoms with Gasteiger partial charge in [-0.05, 0) is 86.8 Å². The number of anilines is 1. The first-order chi connectivity index (χ1) is 15.2. The number of carbonyl (C=O) groups is 2. The molecule has 1 aliphatic heterocycles. The van der Waals surface area contributed by atoms with Gasteiger partial charge in [-0.15, -0.1) is 0 Å². The van der Waals surface area contributed by atoms with E-state index in [1.807, 2.05) is 36.9 Å². The van der Waals surface area contributed by atoms with E-state index >= 15 is 0 Å². The highest BCUT2D eigenvalue weighted by Crippen LogP contribution is 2.62. The molecular weight excluding hydrogens is 402 g/mol. The molecule has 6 nitrogen and oxygen atoms in total. The molecule has 5 fully saturated rings. The highest BCUT2D eigenvalue weighted by atomic mass is 16.3. The van der Waals surface area contributed by atoms with Crippen LogP contribution in [0.4, 0.5) is 5.69 Å². The number of nitrogens with one attached hydrogen (secondary N) is 1. The molecule has 1 heterocycles. The fraction of sp³-hybridized carbons (Fsp3) is 0.692. The lowest BCUT2D eigenvalue weighted by Gasteiger charge is -2.60. The van der Waals surface area contributed by atoms with Crippen molar-refractivity contribution >= 4 is 17.5 Å². The van der Waals surface area contributed by atoms with Gasteiger partial charge in [0.1, 0.15) is 0 Å². The number of nitrogens with zero attached hydrogens (tertiary/aromatic N) is 2. The number of hydrogen-bond donors (Lipinski definition) is 2. The Morgan fingerprint density at radius 2 is 1.75 bits per heavy atom. The fourth-order valence-electron chi connectivity index (χ4n) is 7.48. The van der Waals surface area contributed by atoms with Crippen LogP contribution in [0.3, 0.4) is 0 Å². The predicted octanol–water partition coefficient (Wildman–Crippen LogP) is 3.11. The van der Waals surface area contributed by atoms with Crippen LogP contribution >= 0.6 is 0 Å². The van der Waals surface area contributed by atoms with Crippen molar-refractivity contribution in [3.63, 3.8) is 0 Å². The highest BCUT2D eigenvalue weighted by Gasteiger charge is 2.57. The lowest BCUT2D eigenvalue weighted by Crippen LogP contribution is -2.57. The summed E-state index contributed by atoms with van der Waals surface area (Å²) in [5.41, 5.74) is 2.66. The molecule has 1 saturated heterocycles. The lowest BCUT2D eigenvalue weighted by atomic mass is 9.47. The smallest absolute Gasteiger partial charge is 0.238 e. The normalized spacial score (nSPS) is 34.0. The van der Waals surface area contributed by atoms with E-state index in [4.69, 9.17) is 0 Å². The Balaban J connectivity index is 1.11. The van der Waals surface area contributed by atoms with Gasteiger partial charge < -0.3 is 15.3 Å². The number of rotatable bonds is 5. The van der Waals surface area contributed by atoms with Gasteiger partial charge in [0, 0.05) is 38.3 Å². The van der Waals surface area contributed by atoms with E-state index in [1.54, 1.807) is 0 Å². The Morgan fingerprint density at radius 1 is 1.06 bits per heavy atom. The molecule has 4 saturated carbocycles. The third kappa shape index (κ3) is 4.32. The molecule has 0 radical (unpaired) electrons. The van der Waals surface area contributed by atoms with Crippen molar-refractivity contribution in [1.82, 2.24) is 9.80 Å². The first-order valence-electron chi connectivity index (χ1n) is 12.3. The summed E-state index contributed by atoms with van der Waals surface area (Å²) in [6, 6.07) is 5.95. The summed E-state index contributed by atoms with van der Waals surface area (Å²) >= 11 is 0. The molecule has 2 unspecified atom stereocenters. The van der Waals surface area contributed by atoms with Gasteiger partial charge in [-0.3, -0.25) is 14.5 Å². The molecule has 1 aromatic carbocycles. The van der Waals surface area contributed by atoms with Crippen molar-refractivity contribution in [2.24, 2.45) is 17.3 Å². The summed E-state index contributed by atoms with van der Waals surface area (Å²) in [6.07, 6.45) is 6.80. The molecule has 2 atom stereocenters.